The molecule has 0 radical (unpaired) electrons. The van der Waals surface area contributed by atoms with E-state index in [2.05, 4.69) is 15.5 Å². The Labute approximate surface area is 97.8 Å². The molecular weight excluding hydrogens is 218 g/mol. The highest BCUT2D eigenvalue weighted by atomic mass is 16.5. The van der Waals surface area contributed by atoms with Gasteiger partial charge in [-0.05, 0) is 23.8 Å². The summed E-state index contributed by atoms with van der Waals surface area (Å²) in [5.74, 6) is 0.740. The second-order valence-electron chi connectivity index (χ2n) is 3.86. The topological polar surface area (TPSA) is 67.0 Å². The molecular formula is C12H11N3O2. The molecule has 0 atom stereocenters. The number of amides is 1. The van der Waals surface area contributed by atoms with Gasteiger partial charge in [0.15, 0.2) is 0 Å². The predicted molar refractivity (Wildman–Crippen MR) is 62.2 cm³/mol. The standard InChI is InChI=1S/C12H11N3O2/c16-12(9-6-13-14-7-9)15-10-1-2-11-8(5-10)3-4-17-11/h1-2,5-7H,3-4H2,(H,13,14)(H,15,16). The lowest BCUT2D eigenvalue weighted by atomic mass is 10.1. The summed E-state index contributed by atoms with van der Waals surface area (Å²) in [6.45, 7) is 0.717. The van der Waals surface area contributed by atoms with Gasteiger partial charge in [0.25, 0.3) is 5.91 Å². The molecule has 5 heteroatoms. The van der Waals surface area contributed by atoms with Crippen molar-refractivity contribution in [3.8, 4) is 5.75 Å². The number of carbonyl (C=O) groups excluding carboxylic acids is 1. The van der Waals surface area contributed by atoms with Gasteiger partial charge in [0.2, 0.25) is 0 Å². The summed E-state index contributed by atoms with van der Waals surface area (Å²) in [7, 11) is 0. The molecule has 0 aliphatic carbocycles. The van der Waals surface area contributed by atoms with Gasteiger partial charge in [-0.2, -0.15) is 5.10 Å². The highest BCUT2D eigenvalue weighted by Gasteiger charge is 2.13. The molecule has 2 aromatic rings. The molecule has 0 saturated carbocycles. The Morgan fingerprint density at radius 1 is 1.47 bits per heavy atom. The molecule has 86 valence electrons. The Kier molecular flexibility index (Phi) is 2.29. The van der Waals surface area contributed by atoms with E-state index in [1.807, 2.05) is 18.2 Å². The lowest BCUT2D eigenvalue weighted by Gasteiger charge is -2.05. The number of fused-ring (bicyclic) bond motifs is 1. The minimum atomic E-state index is -0.169. The maximum Gasteiger partial charge on any atom is 0.258 e. The van der Waals surface area contributed by atoms with Crippen LogP contribution in [0.4, 0.5) is 5.69 Å². The number of ether oxygens (including phenoxy) is 1. The van der Waals surface area contributed by atoms with Gasteiger partial charge >= 0.3 is 0 Å². The van der Waals surface area contributed by atoms with Crippen molar-refractivity contribution in [3.63, 3.8) is 0 Å². The average molecular weight is 229 g/mol. The van der Waals surface area contributed by atoms with Gasteiger partial charge in [-0.3, -0.25) is 9.89 Å². The van der Waals surface area contributed by atoms with Gasteiger partial charge in [0.1, 0.15) is 5.75 Å². The number of nitrogens with one attached hydrogen (secondary N) is 2. The van der Waals surface area contributed by atoms with Crippen molar-refractivity contribution in [2.75, 3.05) is 11.9 Å². The van der Waals surface area contributed by atoms with Crippen molar-refractivity contribution in [3.05, 3.63) is 41.7 Å². The average Bonchev–Trinajstić information content (AvgIpc) is 2.99. The van der Waals surface area contributed by atoms with Crippen molar-refractivity contribution in [2.24, 2.45) is 0 Å². The summed E-state index contributed by atoms with van der Waals surface area (Å²) in [4.78, 5) is 11.8. The van der Waals surface area contributed by atoms with Crippen LogP contribution in [0.5, 0.6) is 5.75 Å². The third-order valence-electron chi connectivity index (χ3n) is 2.71. The predicted octanol–water partition coefficient (Wildman–Crippen LogP) is 1.60. The van der Waals surface area contributed by atoms with Crippen molar-refractivity contribution < 1.29 is 9.53 Å². The molecule has 2 N–H and O–H groups in total. The molecule has 2 heterocycles. The quantitative estimate of drug-likeness (QED) is 0.821. The number of benzene rings is 1. The van der Waals surface area contributed by atoms with Crippen LogP contribution in [-0.2, 0) is 6.42 Å². The maximum absolute atomic E-state index is 11.8. The van der Waals surface area contributed by atoms with Crippen LogP contribution in [0, 0.1) is 0 Å². The Morgan fingerprint density at radius 3 is 3.24 bits per heavy atom. The first-order valence-corrected chi connectivity index (χ1v) is 5.39. The number of H-pyrrole nitrogens is 1. The van der Waals surface area contributed by atoms with Gasteiger partial charge < -0.3 is 10.1 Å². The third-order valence-corrected chi connectivity index (χ3v) is 2.71. The number of hydrogen-bond donors (Lipinski definition) is 2. The highest BCUT2D eigenvalue weighted by Crippen LogP contribution is 2.27. The monoisotopic (exact) mass is 229 g/mol. The number of aromatic nitrogens is 2. The summed E-state index contributed by atoms with van der Waals surface area (Å²) in [6.07, 6.45) is 3.95. The first-order valence-electron chi connectivity index (χ1n) is 5.39. The minimum Gasteiger partial charge on any atom is -0.493 e. The summed E-state index contributed by atoms with van der Waals surface area (Å²) in [6, 6.07) is 5.66. The fourth-order valence-corrected chi connectivity index (χ4v) is 1.84. The normalized spacial score (nSPS) is 12.9. The molecule has 1 aromatic heterocycles. The molecule has 1 aliphatic heterocycles. The second kappa shape index (κ2) is 3.93. The number of rotatable bonds is 2. The van der Waals surface area contributed by atoms with Crippen LogP contribution in [0.3, 0.4) is 0 Å². The van der Waals surface area contributed by atoms with Crippen molar-refractivity contribution in [1.29, 1.82) is 0 Å². The highest BCUT2D eigenvalue weighted by molar-refractivity contribution is 6.03. The fraction of sp³-hybridized carbons (Fsp3) is 0.167. The fourth-order valence-electron chi connectivity index (χ4n) is 1.84. The van der Waals surface area contributed by atoms with Crippen molar-refractivity contribution in [2.45, 2.75) is 6.42 Å². The molecule has 1 aromatic carbocycles. The lowest BCUT2D eigenvalue weighted by Crippen LogP contribution is -2.10. The van der Waals surface area contributed by atoms with Gasteiger partial charge in [-0.1, -0.05) is 0 Å². The van der Waals surface area contributed by atoms with Crippen LogP contribution in [-0.4, -0.2) is 22.7 Å². The first kappa shape index (κ1) is 9.89. The van der Waals surface area contributed by atoms with E-state index in [0.29, 0.717) is 12.2 Å². The van der Waals surface area contributed by atoms with E-state index in [9.17, 15) is 4.79 Å². The molecule has 0 fully saturated rings. The van der Waals surface area contributed by atoms with Gasteiger partial charge in [-0.25, -0.2) is 0 Å². The minimum absolute atomic E-state index is 0.169. The van der Waals surface area contributed by atoms with E-state index in [4.69, 9.17) is 4.74 Å². The number of hydrogen-bond acceptors (Lipinski definition) is 3. The Bertz CT molecular complexity index is 549. The molecule has 1 amide bonds. The largest absolute Gasteiger partial charge is 0.493 e. The maximum atomic E-state index is 11.8. The lowest BCUT2D eigenvalue weighted by molar-refractivity contribution is 0.102. The van der Waals surface area contributed by atoms with Gasteiger partial charge in [0, 0.05) is 18.3 Å². The number of nitrogens with zero attached hydrogens (tertiary/aromatic N) is 1. The van der Waals surface area contributed by atoms with Crippen LogP contribution < -0.4 is 10.1 Å². The van der Waals surface area contributed by atoms with Gasteiger partial charge in [0.05, 0.1) is 18.4 Å². The molecule has 0 unspecified atom stereocenters. The summed E-state index contributed by atoms with van der Waals surface area (Å²) >= 11 is 0. The van der Waals surface area contributed by atoms with E-state index in [-0.39, 0.29) is 5.91 Å². The van der Waals surface area contributed by atoms with Crippen LogP contribution in [0.1, 0.15) is 15.9 Å². The van der Waals surface area contributed by atoms with E-state index in [1.165, 1.54) is 6.20 Å². The van der Waals surface area contributed by atoms with E-state index < -0.39 is 0 Å². The summed E-state index contributed by atoms with van der Waals surface area (Å²) < 4.78 is 5.40. The molecule has 5 nitrogen and oxygen atoms in total. The molecule has 0 spiro atoms. The smallest absolute Gasteiger partial charge is 0.258 e. The van der Waals surface area contributed by atoms with E-state index >= 15 is 0 Å². The van der Waals surface area contributed by atoms with Crippen LogP contribution in [0.2, 0.25) is 0 Å². The van der Waals surface area contributed by atoms with E-state index in [1.54, 1.807) is 6.20 Å². The molecule has 17 heavy (non-hydrogen) atoms. The Hall–Kier alpha value is -2.30. The molecule has 1 aliphatic rings. The first-order chi connectivity index (χ1) is 8.33. The number of carbonyl (C=O) groups is 1. The van der Waals surface area contributed by atoms with Crippen LogP contribution in [0.25, 0.3) is 0 Å². The summed E-state index contributed by atoms with van der Waals surface area (Å²) in [5, 5.41) is 9.16. The van der Waals surface area contributed by atoms with Crippen molar-refractivity contribution >= 4 is 11.6 Å². The molecule has 0 bridgehead atoms. The van der Waals surface area contributed by atoms with Crippen LogP contribution in [0.15, 0.2) is 30.6 Å². The SMILES string of the molecule is O=C(Nc1ccc2c(c1)CCO2)c1cn[nH]c1. The van der Waals surface area contributed by atoms with E-state index in [0.717, 1.165) is 23.4 Å². The zero-order chi connectivity index (χ0) is 11.7. The van der Waals surface area contributed by atoms with Crippen molar-refractivity contribution in [1.82, 2.24) is 10.2 Å². The summed E-state index contributed by atoms with van der Waals surface area (Å²) in [5.41, 5.74) is 2.43. The zero-order valence-electron chi connectivity index (χ0n) is 9.06. The van der Waals surface area contributed by atoms with Gasteiger partial charge in [-0.15, -0.1) is 0 Å². The van der Waals surface area contributed by atoms with Crippen LogP contribution >= 0.6 is 0 Å². The zero-order valence-corrected chi connectivity index (χ0v) is 9.06. The third kappa shape index (κ3) is 1.87. The molecule has 3 rings (SSSR count). The number of anilines is 1. The Balaban J connectivity index is 1.80. The molecule has 0 saturated heterocycles. The number of aromatic amines is 1. The second-order valence-corrected chi connectivity index (χ2v) is 3.86. The Morgan fingerprint density at radius 2 is 2.41 bits per heavy atom.